The van der Waals surface area contributed by atoms with E-state index in [9.17, 15) is 24.3 Å². The number of aromatic nitrogens is 3. The number of rotatable bonds is 16. The molecule has 4 atom stereocenters. The van der Waals surface area contributed by atoms with Crippen molar-refractivity contribution < 1.29 is 24.3 Å². The molecule has 0 spiro atoms. The zero-order chi connectivity index (χ0) is 31.5. The first-order valence-corrected chi connectivity index (χ1v) is 15.6. The number of carboxylic acid groups (broad SMARTS) is 1. The lowest BCUT2D eigenvalue weighted by atomic mass is 10.0. The summed E-state index contributed by atoms with van der Waals surface area (Å²) in [5.74, 6) is -2.31. The molecule has 0 aliphatic carbocycles. The lowest BCUT2D eigenvalue weighted by Crippen LogP contribution is -2.58. The summed E-state index contributed by atoms with van der Waals surface area (Å²) in [7, 11) is 0. The molecule has 13 heteroatoms. The molecule has 2 aromatic carbocycles. The molecule has 8 N–H and O–H groups in total. The minimum atomic E-state index is -1.27. The van der Waals surface area contributed by atoms with E-state index in [1.807, 2.05) is 48.7 Å². The molecular weight excluding hydrogens is 582 g/mol. The fraction of sp³-hybridized carbons (Fsp3) is 0.323. The second-order valence-corrected chi connectivity index (χ2v) is 11.4. The number of benzene rings is 2. The molecular formula is C31H37N7O5S. The number of nitrogens with two attached hydrogens (primary N) is 1. The number of nitrogens with one attached hydrogen (secondary N) is 5. The molecule has 0 bridgehead atoms. The molecule has 2 aromatic heterocycles. The Morgan fingerprint density at radius 1 is 0.864 bits per heavy atom. The van der Waals surface area contributed by atoms with E-state index in [4.69, 9.17) is 5.73 Å². The molecule has 4 unspecified atom stereocenters. The lowest BCUT2D eigenvalue weighted by Gasteiger charge is -2.25. The van der Waals surface area contributed by atoms with Gasteiger partial charge >= 0.3 is 5.97 Å². The van der Waals surface area contributed by atoms with Crippen LogP contribution in [0.15, 0.2) is 73.3 Å². The number of carbonyl (C=O) groups excluding carboxylic acids is 3. The van der Waals surface area contributed by atoms with Crippen molar-refractivity contribution in [1.29, 1.82) is 0 Å². The highest BCUT2D eigenvalue weighted by Gasteiger charge is 2.31. The monoisotopic (exact) mass is 619 g/mol. The topological polar surface area (TPSA) is 195 Å². The quantitative estimate of drug-likeness (QED) is 0.0981. The molecule has 0 saturated heterocycles. The van der Waals surface area contributed by atoms with Gasteiger partial charge in [0.15, 0.2) is 0 Å². The van der Waals surface area contributed by atoms with Crippen LogP contribution in [0.2, 0.25) is 0 Å². The minimum absolute atomic E-state index is 0.0275. The Kier molecular flexibility index (Phi) is 11.5. The lowest BCUT2D eigenvalue weighted by molar-refractivity contribution is -0.142. The Balaban J connectivity index is 1.58. The highest BCUT2D eigenvalue weighted by Crippen LogP contribution is 2.19. The molecule has 44 heavy (non-hydrogen) atoms. The Morgan fingerprint density at radius 2 is 1.52 bits per heavy atom. The van der Waals surface area contributed by atoms with Crippen molar-refractivity contribution in [2.24, 2.45) is 5.73 Å². The minimum Gasteiger partial charge on any atom is -0.480 e. The third kappa shape index (κ3) is 8.94. The number of nitrogens with zero attached hydrogens (tertiary/aromatic N) is 1. The van der Waals surface area contributed by atoms with E-state index in [0.29, 0.717) is 17.9 Å². The average Bonchev–Trinajstić information content (AvgIpc) is 3.69. The van der Waals surface area contributed by atoms with Gasteiger partial charge < -0.3 is 36.8 Å². The van der Waals surface area contributed by atoms with Gasteiger partial charge in [0.1, 0.15) is 18.1 Å². The zero-order valence-electron chi connectivity index (χ0n) is 24.3. The van der Waals surface area contributed by atoms with Gasteiger partial charge in [0.2, 0.25) is 17.7 Å². The number of hydrogen-bond donors (Lipinski definition) is 7. The third-order valence-corrected chi connectivity index (χ3v) is 7.85. The van der Waals surface area contributed by atoms with E-state index in [1.165, 1.54) is 12.5 Å². The Morgan fingerprint density at radius 3 is 2.20 bits per heavy atom. The van der Waals surface area contributed by atoms with Crippen LogP contribution in [0.1, 0.15) is 23.2 Å². The highest BCUT2D eigenvalue weighted by atomic mass is 32.2. The predicted molar refractivity (Wildman–Crippen MR) is 169 cm³/mol. The van der Waals surface area contributed by atoms with Gasteiger partial charge in [-0.15, -0.1) is 0 Å². The van der Waals surface area contributed by atoms with Gasteiger partial charge in [-0.25, -0.2) is 9.78 Å². The maximum absolute atomic E-state index is 13.9. The molecule has 4 rings (SSSR count). The number of aliphatic carboxylic acids is 1. The first-order chi connectivity index (χ1) is 21.2. The van der Waals surface area contributed by atoms with Crippen molar-refractivity contribution in [3.05, 3.63) is 90.1 Å². The molecule has 0 fully saturated rings. The summed E-state index contributed by atoms with van der Waals surface area (Å²) in [6.45, 7) is 0. The second-order valence-electron chi connectivity index (χ2n) is 10.4. The summed E-state index contributed by atoms with van der Waals surface area (Å²) in [5, 5.41) is 18.8. The van der Waals surface area contributed by atoms with Crippen LogP contribution >= 0.6 is 11.8 Å². The molecule has 232 valence electrons. The predicted octanol–water partition coefficient (Wildman–Crippen LogP) is 1.54. The smallest absolute Gasteiger partial charge is 0.326 e. The van der Waals surface area contributed by atoms with Crippen LogP contribution in [0.25, 0.3) is 10.9 Å². The molecule has 0 radical (unpaired) electrons. The van der Waals surface area contributed by atoms with Crippen LogP contribution in [0.3, 0.4) is 0 Å². The second kappa shape index (κ2) is 15.7. The number of hydrogen-bond acceptors (Lipinski definition) is 7. The SMILES string of the molecule is CSCCC(N)C(=O)NC(Cc1c[nH]c2ccccc12)C(=O)NC(Cc1ccccc1)C(=O)NC(Cc1cnc[nH]1)C(=O)O. The van der Waals surface area contributed by atoms with E-state index in [2.05, 4.69) is 30.9 Å². The van der Waals surface area contributed by atoms with Gasteiger partial charge in [0.05, 0.1) is 12.4 Å². The Bertz CT molecular complexity index is 1540. The molecule has 4 aromatic rings. The molecule has 12 nitrogen and oxygen atoms in total. The molecule has 2 heterocycles. The molecule has 0 saturated carbocycles. The summed E-state index contributed by atoms with van der Waals surface area (Å²) in [5.41, 5.74) is 9.08. The van der Waals surface area contributed by atoms with Crippen molar-refractivity contribution in [3.63, 3.8) is 0 Å². The first-order valence-electron chi connectivity index (χ1n) is 14.2. The number of H-pyrrole nitrogens is 2. The largest absolute Gasteiger partial charge is 0.480 e. The van der Waals surface area contributed by atoms with Gasteiger partial charge in [0.25, 0.3) is 0 Å². The summed E-state index contributed by atoms with van der Waals surface area (Å²) in [6, 6.07) is 12.4. The number of fused-ring (bicyclic) bond motifs is 1. The molecule has 0 aliphatic heterocycles. The molecule has 3 amide bonds. The van der Waals surface area contributed by atoms with E-state index in [-0.39, 0.29) is 19.3 Å². The maximum Gasteiger partial charge on any atom is 0.326 e. The standard InChI is InChI=1S/C31H37N7O5S/c1-44-12-11-23(32)28(39)36-26(14-20-16-34-24-10-6-5-9-22(20)24)30(41)37-25(13-19-7-3-2-4-8-19)29(40)38-27(31(42)43)15-21-17-33-18-35-21/h2-10,16-18,23,25-27,34H,11-15,32H2,1H3,(H,33,35)(H,36,39)(H,37,41)(H,38,40)(H,42,43). The zero-order valence-corrected chi connectivity index (χ0v) is 25.1. The van der Waals surface area contributed by atoms with E-state index >= 15 is 0 Å². The molecule has 0 aliphatic rings. The van der Waals surface area contributed by atoms with Gasteiger partial charge in [-0.3, -0.25) is 14.4 Å². The number of carboxylic acids is 1. The maximum atomic E-state index is 13.9. The van der Waals surface area contributed by atoms with Crippen molar-refractivity contribution in [1.82, 2.24) is 30.9 Å². The van der Waals surface area contributed by atoms with Gasteiger partial charge in [-0.1, -0.05) is 48.5 Å². The van der Waals surface area contributed by atoms with Crippen molar-refractivity contribution in [3.8, 4) is 0 Å². The van der Waals surface area contributed by atoms with Crippen LogP contribution in [0.5, 0.6) is 0 Å². The number of para-hydroxylation sites is 1. The van der Waals surface area contributed by atoms with Crippen LogP contribution in [-0.4, -0.2) is 79.9 Å². The fourth-order valence-corrected chi connectivity index (χ4v) is 5.29. The summed E-state index contributed by atoms with van der Waals surface area (Å²) >= 11 is 1.56. The van der Waals surface area contributed by atoms with Crippen molar-refractivity contribution in [2.75, 3.05) is 12.0 Å². The average molecular weight is 620 g/mol. The van der Waals surface area contributed by atoms with Crippen LogP contribution in [-0.2, 0) is 38.4 Å². The normalized spacial score (nSPS) is 13.9. The van der Waals surface area contributed by atoms with E-state index < -0.39 is 47.9 Å². The van der Waals surface area contributed by atoms with Crippen LogP contribution < -0.4 is 21.7 Å². The van der Waals surface area contributed by atoms with Crippen LogP contribution in [0, 0.1) is 0 Å². The first kappa shape index (κ1) is 32.3. The third-order valence-electron chi connectivity index (χ3n) is 7.21. The highest BCUT2D eigenvalue weighted by molar-refractivity contribution is 7.98. The number of imidazole rings is 1. The van der Waals surface area contributed by atoms with Crippen molar-refractivity contribution in [2.45, 2.75) is 49.9 Å². The van der Waals surface area contributed by atoms with Crippen molar-refractivity contribution >= 4 is 46.4 Å². The summed E-state index contributed by atoms with van der Waals surface area (Å²) in [4.78, 5) is 62.4. The van der Waals surface area contributed by atoms with E-state index in [0.717, 1.165) is 22.0 Å². The number of aromatic amines is 2. The summed E-state index contributed by atoms with van der Waals surface area (Å²) in [6.07, 6.45) is 7.23. The number of thioether (sulfide) groups is 1. The summed E-state index contributed by atoms with van der Waals surface area (Å²) < 4.78 is 0. The van der Waals surface area contributed by atoms with Gasteiger partial charge in [-0.2, -0.15) is 11.8 Å². The fourth-order valence-electron chi connectivity index (χ4n) is 4.80. The Hall–Kier alpha value is -4.62. The Labute approximate surface area is 259 Å². The van der Waals surface area contributed by atoms with Gasteiger partial charge in [0, 0.05) is 48.3 Å². The van der Waals surface area contributed by atoms with Gasteiger partial charge in [-0.05, 0) is 35.6 Å². The number of carbonyl (C=O) groups is 4. The number of amides is 3. The van der Waals surface area contributed by atoms with E-state index in [1.54, 1.807) is 30.1 Å². The van der Waals surface area contributed by atoms with Crippen LogP contribution in [0.4, 0.5) is 0 Å².